The average Bonchev–Trinajstić information content (AvgIpc) is 2.59. The van der Waals surface area contributed by atoms with E-state index in [1.807, 2.05) is 6.07 Å². The van der Waals surface area contributed by atoms with Crippen molar-refractivity contribution < 1.29 is 19.4 Å². The van der Waals surface area contributed by atoms with Gasteiger partial charge < -0.3 is 14.6 Å². The molecule has 2 rings (SSSR count). The van der Waals surface area contributed by atoms with Crippen molar-refractivity contribution in [1.82, 2.24) is 5.43 Å². The van der Waals surface area contributed by atoms with Crippen LogP contribution in [0, 0.1) is 0 Å². The van der Waals surface area contributed by atoms with Gasteiger partial charge in [0, 0.05) is 23.5 Å². The van der Waals surface area contributed by atoms with Crippen molar-refractivity contribution in [1.29, 1.82) is 0 Å². The van der Waals surface area contributed by atoms with Crippen LogP contribution in [0.2, 0.25) is 0 Å². The van der Waals surface area contributed by atoms with Crippen LogP contribution in [-0.2, 0) is 11.2 Å². The molecular formula is C18H17N2O4-. The highest BCUT2D eigenvalue weighted by Gasteiger charge is 2.08. The van der Waals surface area contributed by atoms with Gasteiger partial charge in [0.25, 0.3) is 5.91 Å². The molecule has 6 nitrogen and oxygen atoms in total. The normalized spacial score (nSPS) is 11.0. The monoisotopic (exact) mass is 325 g/mol. The maximum Gasteiger partial charge on any atom is 0.271 e. The number of nitrogens with zero attached hydrogens (tertiary/aromatic N) is 1. The summed E-state index contributed by atoms with van der Waals surface area (Å²) in [6, 6.07) is 13.8. The van der Waals surface area contributed by atoms with E-state index >= 15 is 0 Å². The summed E-state index contributed by atoms with van der Waals surface area (Å²) in [5.41, 5.74) is 4.69. The molecular weight excluding hydrogens is 308 g/mol. The predicted octanol–water partition coefficient (Wildman–Crippen LogP) is 1.14. The third-order valence-electron chi connectivity index (χ3n) is 3.39. The Bertz CT molecular complexity index is 770. The van der Waals surface area contributed by atoms with Crippen molar-refractivity contribution >= 4 is 17.6 Å². The van der Waals surface area contributed by atoms with Crippen molar-refractivity contribution in [2.24, 2.45) is 5.10 Å². The second-order valence-corrected chi connectivity index (χ2v) is 5.08. The fourth-order valence-electron chi connectivity index (χ4n) is 2.15. The molecule has 0 heterocycles. The van der Waals surface area contributed by atoms with E-state index in [2.05, 4.69) is 10.5 Å². The molecule has 0 atom stereocenters. The van der Waals surface area contributed by atoms with E-state index in [9.17, 15) is 14.7 Å². The Labute approximate surface area is 139 Å². The third kappa shape index (κ3) is 4.42. The minimum atomic E-state index is -1.20. The first-order chi connectivity index (χ1) is 11.5. The van der Waals surface area contributed by atoms with E-state index in [4.69, 9.17) is 4.74 Å². The number of hydrazone groups is 1. The van der Waals surface area contributed by atoms with E-state index in [0.29, 0.717) is 28.2 Å². The quantitative estimate of drug-likeness (QED) is 0.637. The van der Waals surface area contributed by atoms with Crippen LogP contribution >= 0.6 is 0 Å². The first-order valence-electron chi connectivity index (χ1n) is 7.28. The van der Waals surface area contributed by atoms with Gasteiger partial charge in [-0.15, -0.1) is 0 Å². The maximum atomic E-state index is 12.0. The molecule has 1 N–H and O–H groups in total. The van der Waals surface area contributed by atoms with Gasteiger partial charge in [-0.25, -0.2) is 5.43 Å². The number of hydrogen-bond donors (Lipinski definition) is 1. The molecule has 0 saturated carbocycles. The van der Waals surface area contributed by atoms with Gasteiger partial charge in [0.1, 0.15) is 5.75 Å². The summed E-state index contributed by atoms with van der Waals surface area (Å²) in [6.45, 7) is 1.72. The average molecular weight is 325 g/mol. The molecule has 0 fully saturated rings. The van der Waals surface area contributed by atoms with Gasteiger partial charge in [-0.3, -0.25) is 4.79 Å². The van der Waals surface area contributed by atoms with Crippen LogP contribution in [0.15, 0.2) is 53.6 Å². The standard InChI is InChI=1S/C18H18N2O4/c1-12(19-20-18(23)13-6-4-3-5-7-13)14-8-9-16(24-2)15(10-14)11-17(21)22/h3-10H,11H2,1-2H3,(H,20,23)(H,21,22)/p-1/b19-12-. The zero-order chi connectivity index (χ0) is 17.5. The van der Waals surface area contributed by atoms with Gasteiger partial charge in [0.05, 0.1) is 12.8 Å². The van der Waals surface area contributed by atoms with Crippen molar-refractivity contribution in [3.63, 3.8) is 0 Å². The lowest BCUT2D eigenvalue weighted by atomic mass is 10.0. The molecule has 0 aliphatic heterocycles. The van der Waals surface area contributed by atoms with Crippen LogP contribution in [-0.4, -0.2) is 24.7 Å². The largest absolute Gasteiger partial charge is 0.550 e. The molecule has 124 valence electrons. The number of methoxy groups -OCH3 is 1. The molecule has 2 aromatic rings. The SMILES string of the molecule is COc1ccc(/C(C)=N\NC(=O)c2ccccc2)cc1CC(=O)[O-]. The minimum Gasteiger partial charge on any atom is -0.550 e. The highest BCUT2D eigenvalue weighted by molar-refractivity contribution is 6.01. The smallest absolute Gasteiger partial charge is 0.271 e. The highest BCUT2D eigenvalue weighted by Crippen LogP contribution is 2.20. The van der Waals surface area contributed by atoms with Crippen LogP contribution in [0.5, 0.6) is 5.75 Å². The Balaban J connectivity index is 2.18. The van der Waals surface area contributed by atoms with E-state index in [-0.39, 0.29) is 12.3 Å². The molecule has 0 bridgehead atoms. The van der Waals surface area contributed by atoms with Crippen molar-refractivity contribution in [3.8, 4) is 5.75 Å². The molecule has 24 heavy (non-hydrogen) atoms. The summed E-state index contributed by atoms with van der Waals surface area (Å²) in [6.07, 6.45) is -0.263. The minimum absolute atomic E-state index is 0.263. The van der Waals surface area contributed by atoms with Gasteiger partial charge in [-0.1, -0.05) is 18.2 Å². The molecule has 1 amide bonds. The number of amides is 1. The number of ether oxygens (including phenoxy) is 1. The number of rotatable bonds is 6. The van der Waals surface area contributed by atoms with Crippen LogP contribution < -0.4 is 15.3 Å². The molecule has 0 aliphatic carbocycles. The maximum absolute atomic E-state index is 12.0. The summed E-state index contributed by atoms with van der Waals surface area (Å²) < 4.78 is 5.14. The fourth-order valence-corrected chi connectivity index (χ4v) is 2.15. The first kappa shape index (κ1) is 17.2. The van der Waals surface area contributed by atoms with Gasteiger partial charge in [-0.05, 0) is 42.8 Å². The number of benzene rings is 2. The Kier molecular flexibility index (Phi) is 5.68. The lowest BCUT2D eigenvalue weighted by molar-refractivity contribution is -0.304. The molecule has 0 aliphatic rings. The Morgan fingerprint density at radius 1 is 1.12 bits per heavy atom. The van der Waals surface area contributed by atoms with Gasteiger partial charge in [-0.2, -0.15) is 5.10 Å². The van der Waals surface area contributed by atoms with E-state index in [1.165, 1.54) is 7.11 Å². The van der Waals surface area contributed by atoms with Gasteiger partial charge >= 0.3 is 0 Å². The lowest BCUT2D eigenvalue weighted by Gasteiger charge is -2.11. The Hall–Kier alpha value is -3.15. The van der Waals surface area contributed by atoms with Crippen LogP contribution in [0.4, 0.5) is 0 Å². The molecule has 2 aromatic carbocycles. The van der Waals surface area contributed by atoms with Crippen molar-refractivity contribution in [2.75, 3.05) is 7.11 Å². The number of carboxylic acid groups (broad SMARTS) is 1. The number of carbonyl (C=O) groups is 2. The number of carbonyl (C=O) groups excluding carboxylic acids is 2. The van der Waals surface area contributed by atoms with Crippen LogP contribution in [0.25, 0.3) is 0 Å². The summed E-state index contributed by atoms with van der Waals surface area (Å²) >= 11 is 0. The molecule has 0 aromatic heterocycles. The Morgan fingerprint density at radius 3 is 2.46 bits per heavy atom. The molecule has 0 spiro atoms. The topological polar surface area (TPSA) is 90.8 Å². The summed E-state index contributed by atoms with van der Waals surface area (Å²) in [7, 11) is 1.47. The van der Waals surface area contributed by atoms with Gasteiger partial charge in [0.15, 0.2) is 0 Å². The fraction of sp³-hybridized carbons (Fsp3) is 0.167. The third-order valence-corrected chi connectivity index (χ3v) is 3.39. The second kappa shape index (κ2) is 7.92. The summed E-state index contributed by atoms with van der Waals surface area (Å²) in [5.74, 6) is -1.06. The lowest BCUT2D eigenvalue weighted by Crippen LogP contribution is -2.24. The number of aliphatic carboxylic acids is 1. The summed E-state index contributed by atoms with van der Waals surface area (Å²) in [5, 5.41) is 14.9. The molecule has 0 unspecified atom stereocenters. The molecule has 0 saturated heterocycles. The molecule has 6 heteroatoms. The molecule has 0 radical (unpaired) electrons. The van der Waals surface area contributed by atoms with Crippen molar-refractivity contribution in [2.45, 2.75) is 13.3 Å². The van der Waals surface area contributed by atoms with Crippen LogP contribution in [0.3, 0.4) is 0 Å². The zero-order valence-electron chi connectivity index (χ0n) is 13.4. The number of hydrogen-bond acceptors (Lipinski definition) is 5. The van der Waals surface area contributed by atoms with E-state index in [1.54, 1.807) is 49.4 Å². The number of carboxylic acids is 1. The first-order valence-corrected chi connectivity index (χ1v) is 7.28. The van der Waals surface area contributed by atoms with E-state index in [0.717, 1.165) is 0 Å². The predicted molar refractivity (Wildman–Crippen MR) is 87.8 cm³/mol. The number of nitrogens with one attached hydrogen (secondary N) is 1. The van der Waals surface area contributed by atoms with E-state index < -0.39 is 5.97 Å². The zero-order valence-corrected chi connectivity index (χ0v) is 13.4. The van der Waals surface area contributed by atoms with Gasteiger partial charge in [0.2, 0.25) is 0 Å². The second-order valence-electron chi connectivity index (χ2n) is 5.08. The van der Waals surface area contributed by atoms with Crippen molar-refractivity contribution in [3.05, 3.63) is 65.2 Å². The highest BCUT2D eigenvalue weighted by atomic mass is 16.5. The van der Waals surface area contributed by atoms with Crippen LogP contribution in [0.1, 0.15) is 28.4 Å². The summed E-state index contributed by atoms with van der Waals surface area (Å²) in [4.78, 5) is 22.8. The Morgan fingerprint density at radius 2 is 1.83 bits per heavy atom.